The van der Waals surface area contributed by atoms with Gasteiger partial charge in [0.25, 0.3) is 5.91 Å². The van der Waals surface area contributed by atoms with E-state index in [-0.39, 0.29) is 43.8 Å². The summed E-state index contributed by atoms with van der Waals surface area (Å²) >= 11 is 6.34. The summed E-state index contributed by atoms with van der Waals surface area (Å²) in [6.45, 7) is 15.0. The number of aliphatic hydroxyl groups is 4. The van der Waals surface area contributed by atoms with Crippen LogP contribution in [0.5, 0.6) is 23.0 Å². The smallest absolute Gasteiger partial charge is 0.272 e. The predicted octanol–water partition coefficient (Wildman–Crippen LogP) is 14.6. The van der Waals surface area contributed by atoms with E-state index in [2.05, 4.69) is 134 Å². The zero-order valence-corrected chi connectivity index (χ0v) is 88.0. The van der Waals surface area contributed by atoms with Gasteiger partial charge in [-0.05, 0) is 199 Å². The number of para-hydroxylation sites is 1. The van der Waals surface area contributed by atoms with Crippen LogP contribution in [0.2, 0.25) is 5.02 Å². The number of benzene rings is 5. The average molecular weight is 2010 g/mol. The second-order valence-electron chi connectivity index (χ2n) is 39.3. The molecule has 3 saturated carbocycles. The summed E-state index contributed by atoms with van der Waals surface area (Å²) < 4.78 is 30.7. The van der Waals surface area contributed by atoms with Crippen LogP contribution in [-0.4, -0.2) is 295 Å². The Labute approximate surface area is 860 Å². The molecule has 4 unspecified atom stereocenters. The molecule has 0 radical (unpaired) electrons. The lowest BCUT2D eigenvalue weighted by molar-refractivity contribution is 0.0820. The summed E-state index contributed by atoms with van der Waals surface area (Å²) in [5.74, 6) is 9.74. The molecule has 5 aromatic carbocycles. The van der Waals surface area contributed by atoms with Crippen LogP contribution in [0.4, 0.5) is 46.3 Å². The number of likely N-dealkylation sites (N-methyl/N-ethyl adjacent to an activating group) is 4. The van der Waals surface area contributed by atoms with Crippen LogP contribution >= 0.6 is 11.6 Å². The van der Waals surface area contributed by atoms with Gasteiger partial charge < -0.3 is 105 Å². The molecule has 145 heavy (non-hydrogen) atoms. The molecule has 1 spiro atoms. The van der Waals surface area contributed by atoms with E-state index >= 15 is 0 Å². The van der Waals surface area contributed by atoms with Crippen LogP contribution in [0, 0.1) is 27.7 Å². The second kappa shape index (κ2) is 52.9. The number of anilines is 8. The Kier molecular flexibility index (Phi) is 39.7. The van der Waals surface area contributed by atoms with Crippen LogP contribution in [0.3, 0.4) is 0 Å². The van der Waals surface area contributed by atoms with Gasteiger partial charge in [0.15, 0.2) is 23.3 Å². The van der Waals surface area contributed by atoms with E-state index in [1.54, 1.807) is 65.8 Å². The molecular weight excluding hydrogens is 1850 g/mol. The van der Waals surface area contributed by atoms with Gasteiger partial charge in [-0.3, -0.25) is 9.48 Å². The molecule has 1 amide bonds. The van der Waals surface area contributed by atoms with E-state index < -0.39 is 24.4 Å². The number of ether oxygens (including phenoxy) is 5. The van der Waals surface area contributed by atoms with Crippen molar-refractivity contribution in [2.45, 2.75) is 204 Å². The summed E-state index contributed by atoms with van der Waals surface area (Å²) in [5, 5.41) is 63.9. The number of hydrogen-bond donors (Lipinski definition) is 10. The third kappa shape index (κ3) is 29.3. The molecule has 4 atom stereocenters. The fraction of sp³-hybridized carbons (Fsp3) is 0.509. The molecule has 9 heterocycles. The fourth-order valence-corrected chi connectivity index (χ4v) is 20.2. The van der Waals surface area contributed by atoms with E-state index in [0.29, 0.717) is 126 Å². The maximum atomic E-state index is 12.8. The van der Waals surface area contributed by atoms with Crippen LogP contribution in [-0.2, 0) is 17.2 Å². The zero-order chi connectivity index (χ0) is 103. The Bertz CT molecular complexity index is 5970. The zero-order valence-electron chi connectivity index (χ0n) is 87.3. The molecule has 11 aromatic rings. The lowest BCUT2D eigenvalue weighted by Gasteiger charge is -2.35. The monoisotopic (exact) mass is 2000 g/mol. The Morgan fingerprint density at radius 3 is 1.37 bits per heavy atom. The summed E-state index contributed by atoms with van der Waals surface area (Å²) in [4.78, 5) is 74.0. The molecule has 0 bridgehead atoms. The van der Waals surface area contributed by atoms with Crippen molar-refractivity contribution in [3.05, 3.63) is 185 Å². The summed E-state index contributed by atoms with van der Waals surface area (Å²) in [6, 6.07) is 47.1. The number of rotatable bonds is 37. The van der Waals surface area contributed by atoms with E-state index in [4.69, 9.17) is 70.2 Å². The number of fused-ring (bicyclic) bond motifs is 2. The van der Waals surface area contributed by atoms with Crippen molar-refractivity contribution in [3.8, 4) is 79.8 Å². The van der Waals surface area contributed by atoms with Crippen molar-refractivity contribution in [3.63, 3.8) is 0 Å². The first kappa shape index (κ1) is 109. The molecule has 3 aliphatic carbocycles. The molecule has 6 aliphatic rings. The van der Waals surface area contributed by atoms with E-state index in [0.717, 1.165) is 131 Å². The summed E-state index contributed by atoms with van der Waals surface area (Å²) in [5.41, 5.74) is 12.9. The van der Waals surface area contributed by atoms with Crippen molar-refractivity contribution in [2.24, 2.45) is 7.05 Å². The number of carbonyl (C=O) groups excluding carboxylic acids is 1. The first-order valence-corrected chi connectivity index (χ1v) is 51.9. The van der Waals surface area contributed by atoms with Crippen molar-refractivity contribution in [1.29, 1.82) is 0 Å². The Morgan fingerprint density at radius 2 is 0.903 bits per heavy atom. The first-order chi connectivity index (χ1) is 70.1. The number of carbonyl (C=O) groups is 1. The highest BCUT2D eigenvalue weighted by Crippen LogP contribution is 2.50. The van der Waals surface area contributed by atoms with Crippen LogP contribution < -0.4 is 75.3 Å². The second-order valence-corrected chi connectivity index (χ2v) is 39.7. The lowest BCUT2D eigenvalue weighted by Crippen LogP contribution is -2.42. The molecule has 778 valence electrons. The van der Waals surface area contributed by atoms with E-state index in [1.807, 2.05) is 132 Å². The number of aromatic nitrogens is 12. The maximum absolute atomic E-state index is 12.8. The molecular formula is C110H151ClN24O10. The third-order valence-electron chi connectivity index (χ3n) is 28.3. The van der Waals surface area contributed by atoms with Crippen LogP contribution in [0.1, 0.15) is 161 Å². The van der Waals surface area contributed by atoms with Crippen molar-refractivity contribution >= 4 is 63.8 Å². The van der Waals surface area contributed by atoms with Crippen molar-refractivity contribution in [1.82, 2.24) is 91.1 Å². The minimum Gasteiger partial charge on any atom is -0.491 e. The predicted molar refractivity (Wildman–Crippen MR) is 576 cm³/mol. The standard InChI is InChI=1S/C33H44N6O2.C27H39N7O2.C27H36N6O2.C23H32ClN5O4/c1-34-21-26(40)22-41-27-12-8-9-24(19-27)32-36-30(38(2)25-10-4-3-5-11-25)20-31(37-32)39-23-33(15-17-35-18-16-33)28-13-6-7-14-29(28)39;1-18-26(19(2)34(5)32-18)29-24-15-25(33(4)21-11-7-6-8-12-21)31-27(30-24)20-10-9-13-23(14-20)36-17-22(35)16-28-3;1-18-26(19(2)30-17-29-18)24-14-25(33(4)21-10-6-5-7-11-21)32-27(31-24)20-9-8-12-23(13-20)35-16-22(34)15-28-3;1-25-13-18(30)14-33-19-10-15(9-16(24)11-19)22-26-20(23(31)28(2)3)12-21(27-22)29(4)17-5-7-32-8-6-17/h6-9,12-14,19-20,25-26,34-35,40H,3-5,10-11,15-18,21-23H2,1-2H3;9-10,13-15,21-22,28,35H,6-8,11-12,16-17H2,1-5H3,(H,29,30,31);8-9,12-14,17,21-22,28,34H,5-7,10-11,15-16H2,1-4H3;9-12,17-18,25,30H,5-8,13-14H2,1-4H3. The van der Waals surface area contributed by atoms with Gasteiger partial charge in [0, 0.05) is 188 Å². The summed E-state index contributed by atoms with van der Waals surface area (Å²) in [7, 11) is 20.9. The Balaban J connectivity index is 0.000000154. The molecule has 34 nitrogen and oxygen atoms in total. The number of hydrogen-bond acceptors (Lipinski definition) is 32. The Hall–Kier alpha value is -11.9. The van der Waals surface area contributed by atoms with Gasteiger partial charge in [-0.2, -0.15) is 5.10 Å². The van der Waals surface area contributed by atoms with Crippen LogP contribution in [0.15, 0.2) is 146 Å². The number of halogens is 1. The number of amides is 1. The van der Waals surface area contributed by atoms with Gasteiger partial charge in [0.05, 0.1) is 34.2 Å². The molecule has 3 aliphatic heterocycles. The highest BCUT2D eigenvalue weighted by atomic mass is 35.5. The number of aliphatic hydroxyl groups excluding tert-OH is 4. The molecule has 17 rings (SSSR count). The number of aryl methyl sites for hydroxylation is 4. The topological polar surface area (TPSA) is 382 Å². The normalized spacial score (nSPS) is 16.3. The minimum absolute atomic E-state index is 0.109. The molecule has 2 saturated heterocycles. The first-order valence-electron chi connectivity index (χ1n) is 51.5. The quantitative estimate of drug-likeness (QED) is 0.0173. The van der Waals surface area contributed by atoms with Gasteiger partial charge in [0.1, 0.15) is 121 Å². The SMILES string of the molecule is CNCC(O)COc1cc(Cl)cc(-c2nc(C(=O)N(C)C)cc(N(C)C3CCOCC3)n2)c1.CNCC(O)COc1cccc(-c2nc(-c3c(C)ncnc3C)cc(N(C)C3CCCCC3)n2)c1.CNCC(O)COc1cccc(-c2nc(N3CC4(CCNCC4)c4ccccc43)cc(N(C)C3CCCCC3)n2)c1.CNCC(O)COc1cccc(-c2nc(Nc3c(C)nn(C)c3C)cc(N(C)C3CCCCC3)n2)c1. The molecule has 10 N–H and O–H groups in total. The van der Waals surface area contributed by atoms with Crippen molar-refractivity contribution < 1.29 is 48.9 Å². The average Bonchev–Trinajstić information content (AvgIpc) is 1.58. The lowest BCUT2D eigenvalue weighted by atomic mass is 9.75. The third-order valence-corrected chi connectivity index (χ3v) is 28.5. The highest BCUT2D eigenvalue weighted by Gasteiger charge is 2.45. The molecule has 35 heteroatoms. The number of nitrogens with zero attached hydrogens (tertiary/aromatic N) is 18. The van der Waals surface area contributed by atoms with Gasteiger partial charge in [-0.15, -0.1) is 0 Å². The van der Waals surface area contributed by atoms with Gasteiger partial charge in [-0.1, -0.05) is 124 Å². The summed E-state index contributed by atoms with van der Waals surface area (Å²) in [6.07, 6.45) is 21.8. The van der Waals surface area contributed by atoms with Gasteiger partial charge in [-0.25, -0.2) is 49.8 Å². The maximum Gasteiger partial charge on any atom is 0.272 e. The van der Waals surface area contributed by atoms with E-state index in [1.165, 1.54) is 112 Å². The largest absolute Gasteiger partial charge is 0.491 e. The van der Waals surface area contributed by atoms with Gasteiger partial charge in [0.2, 0.25) is 0 Å². The fourth-order valence-electron chi connectivity index (χ4n) is 20.0. The van der Waals surface area contributed by atoms with Gasteiger partial charge >= 0.3 is 0 Å². The van der Waals surface area contributed by atoms with E-state index in [9.17, 15) is 25.2 Å². The number of piperidine rings is 1. The molecule has 5 fully saturated rings. The minimum atomic E-state index is -0.658. The molecule has 6 aromatic heterocycles. The highest BCUT2D eigenvalue weighted by molar-refractivity contribution is 6.31. The van der Waals surface area contributed by atoms with Crippen molar-refractivity contribution in [2.75, 3.05) is 186 Å². The number of nitrogens with one attached hydrogen (secondary N) is 6. The van der Waals surface area contributed by atoms with Crippen LogP contribution in [0.25, 0.3) is 56.8 Å². The Morgan fingerprint density at radius 1 is 0.476 bits per heavy atom.